The van der Waals surface area contributed by atoms with E-state index in [9.17, 15) is 12.8 Å². The predicted molar refractivity (Wildman–Crippen MR) is 82.2 cm³/mol. The number of sulfonamides is 1. The molecule has 21 heavy (non-hydrogen) atoms. The van der Waals surface area contributed by atoms with Crippen molar-refractivity contribution in [2.45, 2.75) is 31.1 Å². The number of benzene rings is 1. The molecule has 1 aromatic carbocycles. The van der Waals surface area contributed by atoms with Crippen molar-refractivity contribution in [3.05, 3.63) is 40.2 Å². The van der Waals surface area contributed by atoms with Gasteiger partial charge >= 0.3 is 0 Å². The average Bonchev–Trinajstić information content (AvgIpc) is 2.80. The van der Waals surface area contributed by atoms with E-state index in [1.165, 1.54) is 12.1 Å². The van der Waals surface area contributed by atoms with E-state index in [0.29, 0.717) is 0 Å². The van der Waals surface area contributed by atoms with Crippen LogP contribution < -0.4 is 4.72 Å². The molecule has 0 spiro atoms. The van der Waals surface area contributed by atoms with Gasteiger partial charge in [-0.15, -0.1) is 0 Å². The molecule has 0 aliphatic carbocycles. The zero-order chi connectivity index (χ0) is 15.8. The molecule has 2 N–H and O–H groups in total. The SMILES string of the molecule is CC(C)(C)c1cc(NS(=O)(=O)c2ccc(Br)c(F)c2)n[nH]1. The summed E-state index contributed by atoms with van der Waals surface area (Å²) in [5.41, 5.74) is 0.614. The minimum absolute atomic E-state index is 0.163. The quantitative estimate of drug-likeness (QED) is 0.862. The van der Waals surface area contributed by atoms with E-state index in [4.69, 9.17) is 0 Å². The van der Waals surface area contributed by atoms with E-state index < -0.39 is 15.8 Å². The van der Waals surface area contributed by atoms with Gasteiger partial charge in [-0.05, 0) is 34.1 Å². The Morgan fingerprint density at radius 1 is 1.29 bits per heavy atom. The lowest BCUT2D eigenvalue weighted by molar-refractivity contribution is 0.567. The molecule has 0 atom stereocenters. The minimum atomic E-state index is -3.88. The molecule has 0 unspecified atom stereocenters. The Morgan fingerprint density at radius 3 is 2.48 bits per heavy atom. The van der Waals surface area contributed by atoms with E-state index in [-0.39, 0.29) is 20.6 Å². The Labute approximate surface area is 131 Å². The maximum atomic E-state index is 13.4. The second kappa shape index (κ2) is 5.42. The number of hydrogen-bond donors (Lipinski definition) is 2. The maximum absolute atomic E-state index is 13.4. The van der Waals surface area contributed by atoms with E-state index in [2.05, 4.69) is 30.8 Å². The van der Waals surface area contributed by atoms with Crippen LogP contribution in [0, 0.1) is 5.82 Å². The molecule has 0 saturated heterocycles. The minimum Gasteiger partial charge on any atom is -0.280 e. The number of rotatable bonds is 3. The third-order valence-corrected chi connectivity index (χ3v) is 4.82. The molecule has 0 aliphatic rings. The normalized spacial score (nSPS) is 12.4. The molecule has 0 aliphatic heterocycles. The van der Waals surface area contributed by atoms with E-state index in [0.717, 1.165) is 11.8 Å². The maximum Gasteiger partial charge on any atom is 0.263 e. The molecule has 2 aromatic rings. The van der Waals surface area contributed by atoms with Crippen LogP contribution in [0.4, 0.5) is 10.2 Å². The summed E-state index contributed by atoms with van der Waals surface area (Å²) in [6.45, 7) is 5.93. The van der Waals surface area contributed by atoms with Crippen LogP contribution in [0.15, 0.2) is 33.6 Å². The fourth-order valence-corrected chi connectivity index (χ4v) is 2.85. The van der Waals surface area contributed by atoms with Gasteiger partial charge in [0.2, 0.25) is 0 Å². The van der Waals surface area contributed by atoms with Crippen LogP contribution in [0.1, 0.15) is 26.5 Å². The first-order valence-electron chi connectivity index (χ1n) is 6.13. The molecule has 0 saturated carbocycles. The Hall–Kier alpha value is -1.41. The highest BCUT2D eigenvalue weighted by atomic mass is 79.9. The van der Waals surface area contributed by atoms with Crippen LogP contribution in [0.5, 0.6) is 0 Å². The second-order valence-corrected chi connectivity index (χ2v) is 8.14. The number of aromatic nitrogens is 2. The third-order valence-electron chi connectivity index (χ3n) is 2.83. The van der Waals surface area contributed by atoms with Crippen LogP contribution >= 0.6 is 15.9 Å². The number of anilines is 1. The summed E-state index contributed by atoms with van der Waals surface area (Å²) in [6, 6.07) is 5.22. The highest BCUT2D eigenvalue weighted by molar-refractivity contribution is 9.10. The van der Waals surface area contributed by atoms with Crippen molar-refractivity contribution >= 4 is 31.8 Å². The molecule has 5 nitrogen and oxygen atoms in total. The van der Waals surface area contributed by atoms with Gasteiger partial charge in [-0.25, -0.2) is 12.8 Å². The molecular weight excluding hydrogens is 361 g/mol. The number of aromatic amines is 1. The van der Waals surface area contributed by atoms with Crippen LogP contribution in [-0.2, 0) is 15.4 Å². The van der Waals surface area contributed by atoms with Crippen molar-refractivity contribution in [3.63, 3.8) is 0 Å². The number of hydrogen-bond acceptors (Lipinski definition) is 3. The highest BCUT2D eigenvalue weighted by Gasteiger charge is 2.20. The first kappa shape index (κ1) is 16.0. The summed E-state index contributed by atoms with van der Waals surface area (Å²) in [4.78, 5) is -0.163. The van der Waals surface area contributed by atoms with Gasteiger partial charge in [0.25, 0.3) is 10.0 Å². The van der Waals surface area contributed by atoms with Crippen molar-refractivity contribution in [1.82, 2.24) is 10.2 Å². The fourth-order valence-electron chi connectivity index (χ4n) is 1.60. The van der Waals surface area contributed by atoms with Crippen molar-refractivity contribution in [2.75, 3.05) is 4.72 Å². The van der Waals surface area contributed by atoms with Crippen LogP contribution in [-0.4, -0.2) is 18.6 Å². The zero-order valence-corrected chi connectivity index (χ0v) is 14.1. The summed E-state index contributed by atoms with van der Waals surface area (Å²) in [7, 11) is -3.88. The van der Waals surface area contributed by atoms with Crippen molar-refractivity contribution in [2.24, 2.45) is 0 Å². The monoisotopic (exact) mass is 375 g/mol. The van der Waals surface area contributed by atoms with Gasteiger partial charge in [0.15, 0.2) is 5.82 Å². The Morgan fingerprint density at radius 2 is 1.95 bits per heavy atom. The lowest BCUT2D eigenvalue weighted by Gasteiger charge is -2.14. The van der Waals surface area contributed by atoms with Crippen molar-refractivity contribution < 1.29 is 12.8 Å². The second-order valence-electron chi connectivity index (χ2n) is 5.60. The molecule has 1 aromatic heterocycles. The first-order valence-corrected chi connectivity index (χ1v) is 8.41. The van der Waals surface area contributed by atoms with E-state index in [1.807, 2.05) is 20.8 Å². The van der Waals surface area contributed by atoms with Crippen molar-refractivity contribution in [3.8, 4) is 0 Å². The molecule has 0 fully saturated rings. The topological polar surface area (TPSA) is 74.8 Å². The Kier molecular flexibility index (Phi) is 4.12. The lowest BCUT2D eigenvalue weighted by Crippen LogP contribution is -2.13. The summed E-state index contributed by atoms with van der Waals surface area (Å²) in [5.74, 6) is -0.474. The molecule has 0 radical (unpaired) electrons. The number of nitrogens with one attached hydrogen (secondary N) is 2. The van der Waals surface area contributed by atoms with Crippen LogP contribution in [0.3, 0.4) is 0 Å². The van der Waals surface area contributed by atoms with Crippen LogP contribution in [0.2, 0.25) is 0 Å². The largest absolute Gasteiger partial charge is 0.280 e. The molecule has 8 heteroatoms. The molecular formula is C13H15BrFN3O2S. The summed E-state index contributed by atoms with van der Waals surface area (Å²) in [5, 5.41) is 6.70. The molecule has 2 rings (SSSR count). The predicted octanol–water partition coefficient (Wildman–Crippen LogP) is 3.41. The smallest absolute Gasteiger partial charge is 0.263 e. The zero-order valence-electron chi connectivity index (χ0n) is 11.7. The Balaban J connectivity index is 2.29. The van der Waals surface area contributed by atoms with Gasteiger partial charge in [-0.1, -0.05) is 20.8 Å². The van der Waals surface area contributed by atoms with Gasteiger partial charge in [0.05, 0.1) is 9.37 Å². The highest BCUT2D eigenvalue weighted by Crippen LogP contribution is 2.24. The van der Waals surface area contributed by atoms with Crippen molar-refractivity contribution in [1.29, 1.82) is 0 Å². The Bertz CT molecular complexity index is 766. The van der Waals surface area contributed by atoms with Gasteiger partial charge in [0.1, 0.15) is 5.82 Å². The standard InChI is InChI=1S/C13H15BrFN3O2S/c1-13(2,3)11-7-12(17-16-11)18-21(19,20)8-4-5-9(14)10(15)6-8/h4-7H,1-3H3,(H2,16,17,18). The number of H-pyrrole nitrogens is 1. The summed E-state index contributed by atoms with van der Waals surface area (Å²) in [6.07, 6.45) is 0. The molecule has 1 heterocycles. The third kappa shape index (κ3) is 3.62. The summed E-state index contributed by atoms with van der Waals surface area (Å²) >= 11 is 2.98. The molecule has 114 valence electrons. The van der Waals surface area contributed by atoms with E-state index in [1.54, 1.807) is 6.07 Å². The van der Waals surface area contributed by atoms with Gasteiger partial charge < -0.3 is 0 Å². The fraction of sp³-hybridized carbons (Fsp3) is 0.308. The number of nitrogens with zero attached hydrogens (tertiary/aromatic N) is 1. The average molecular weight is 376 g/mol. The summed E-state index contributed by atoms with van der Waals surface area (Å²) < 4.78 is 40.3. The lowest BCUT2D eigenvalue weighted by atomic mass is 9.92. The van der Waals surface area contributed by atoms with Gasteiger partial charge in [0, 0.05) is 17.2 Å². The van der Waals surface area contributed by atoms with Gasteiger partial charge in [-0.2, -0.15) is 5.10 Å². The van der Waals surface area contributed by atoms with Crippen LogP contribution in [0.25, 0.3) is 0 Å². The number of halogens is 2. The first-order chi connectivity index (χ1) is 9.59. The van der Waals surface area contributed by atoms with E-state index >= 15 is 0 Å². The van der Waals surface area contributed by atoms with Gasteiger partial charge in [-0.3, -0.25) is 9.82 Å². The molecule has 0 amide bonds. The molecule has 0 bridgehead atoms.